The summed E-state index contributed by atoms with van der Waals surface area (Å²) in [5.74, 6) is -1.16. The van der Waals surface area contributed by atoms with Crippen molar-refractivity contribution in [2.24, 2.45) is 0 Å². The van der Waals surface area contributed by atoms with Gasteiger partial charge in [-0.15, -0.1) is 0 Å². The molecule has 2 rings (SSSR count). The Labute approximate surface area is 117 Å². The van der Waals surface area contributed by atoms with E-state index in [-0.39, 0.29) is 16.6 Å². The first-order valence-electron chi connectivity index (χ1n) is 6.23. The minimum absolute atomic E-state index is 0.0577. The lowest BCUT2D eigenvalue weighted by molar-refractivity contribution is 0.0696. The zero-order valence-electron chi connectivity index (χ0n) is 11.3. The Morgan fingerprint density at radius 2 is 2.20 bits per heavy atom. The first-order valence-corrected chi connectivity index (χ1v) is 7.72. The van der Waals surface area contributed by atoms with Gasteiger partial charge in [0, 0.05) is 6.61 Å². The normalized spacial score (nSPS) is 26.6. The average molecular weight is 299 g/mol. The maximum absolute atomic E-state index is 12.4. The van der Waals surface area contributed by atoms with Crippen LogP contribution in [0.1, 0.15) is 30.6 Å². The predicted octanol–water partition coefficient (Wildman–Crippen LogP) is 1.23. The number of hydrogen-bond acceptors (Lipinski definition) is 4. The number of ether oxygens (including phenoxy) is 1. The highest BCUT2D eigenvalue weighted by atomic mass is 32.2. The van der Waals surface area contributed by atoms with Gasteiger partial charge in [0.1, 0.15) is 0 Å². The first-order chi connectivity index (χ1) is 9.24. The molecule has 1 saturated heterocycles. The Bertz CT molecular complexity index is 627. The van der Waals surface area contributed by atoms with Gasteiger partial charge in [-0.3, -0.25) is 0 Å². The molecule has 6 nitrogen and oxygen atoms in total. The second kappa shape index (κ2) is 5.16. The summed E-state index contributed by atoms with van der Waals surface area (Å²) in [5.41, 5.74) is -0.744. The molecule has 0 aromatic heterocycles. The topological polar surface area (TPSA) is 92.7 Å². The number of rotatable bonds is 4. The second-order valence-corrected chi connectivity index (χ2v) is 6.80. The molecule has 0 saturated carbocycles. The summed E-state index contributed by atoms with van der Waals surface area (Å²) in [6, 6.07) is 5.28. The molecule has 1 heterocycles. The molecule has 2 N–H and O–H groups in total. The summed E-state index contributed by atoms with van der Waals surface area (Å²) < 4.78 is 32.7. The van der Waals surface area contributed by atoms with Gasteiger partial charge in [-0.1, -0.05) is 6.07 Å². The van der Waals surface area contributed by atoms with Crippen molar-refractivity contribution in [1.29, 1.82) is 0 Å². The maximum Gasteiger partial charge on any atom is 0.335 e. The third-order valence-corrected chi connectivity index (χ3v) is 5.25. The van der Waals surface area contributed by atoms with E-state index in [1.54, 1.807) is 6.92 Å². The molecule has 2 atom stereocenters. The molecule has 2 unspecified atom stereocenters. The molecule has 110 valence electrons. The molecule has 0 amide bonds. The number of carboxylic acid groups (broad SMARTS) is 1. The van der Waals surface area contributed by atoms with Crippen LogP contribution in [0.4, 0.5) is 0 Å². The minimum Gasteiger partial charge on any atom is -0.478 e. The zero-order chi connectivity index (χ0) is 15.0. The molecule has 1 fully saturated rings. The highest BCUT2D eigenvalue weighted by molar-refractivity contribution is 7.89. The smallest absolute Gasteiger partial charge is 0.335 e. The molecule has 0 radical (unpaired) electrons. The minimum atomic E-state index is -3.78. The van der Waals surface area contributed by atoms with Crippen molar-refractivity contribution in [1.82, 2.24) is 4.72 Å². The number of nitrogens with one attached hydrogen (secondary N) is 1. The predicted molar refractivity (Wildman–Crippen MR) is 72.2 cm³/mol. The fraction of sp³-hybridized carbons (Fsp3) is 0.462. The average Bonchev–Trinajstić information content (AvgIpc) is 2.68. The number of carboxylic acids is 1. The largest absolute Gasteiger partial charge is 0.478 e. The number of aromatic carboxylic acids is 1. The standard InChI is InChI=1S/C13H17NO5S/c1-9-13(2,6-7-19-9)14-20(17,18)11-5-3-4-10(8-11)12(15)16/h3-5,8-9,14H,6-7H2,1-2H3,(H,15,16). The van der Waals surface area contributed by atoms with Crippen molar-refractivity contribution in [2.45, 2.75) is 36.8 Å². The van der Waals surface area contributed by atoms with E-state index < -0.39 is 21.5 Å². The molecule has 1 aromatic carbocycles. The van der Waals surface area contributed by atoms with Crippen LogP contribution >= 0.6 is 0 Å². The number of benzene rings is 1. The van der Waals surface area contributed by atoms with Gasteiger partial charge < -0.3 is 9.84 Å². The van der Waals surface area contributed by atoms with E-state index in [0.29, 0.717) is 13.0 Å². The lowest BCUT2D eigenvalue weighted by atomic mass is 9.97. The van der Waals surface area contributed by atoms with Crippen molar-refractivity contribution < 1.29 is 23.1 Å². The van der Waals surface area contributed by atoms with Crippen LogP contribution in [0.25, 0.3) is 0 Å². The van der Waals surface area contributed by atoms with Gasteiger partial charge in [0.15, 0.2) is 0 Å². The fourth-order valence-electron chi connectivity index (χ4n) is 2.13. The Balaban J connectivity index is 2.31. The van der Waals surface area contributed by atoms with E-state index >= 15 is 0 Å². The van der Waals surface area contributed by atoms with E-state index in [1.807, 2.05) is 6.92 Å². The third kappa shape index (κ3) is 2.84. The van der Waals surface area contributed by atoms with Crippen molar-refractivity contribution >= 4 is 16.0 Å². The quantitative estimate of drug-likeness (QED) is 0.872. The summed E-state index contributed by atoms with van der Waals surface area (Å²) in [6.45, 7) is 4.09. The Hall–Kier alpha value is -1.44. The van der Waals surface area contributed by atoms with Crippen LogP contribution in [0.5, 0.6) is 0 Å². The summed E-state index contributed by atoms with van der Waals surface area (Å²) in [4.78, 5) is 10.8. The Kier molecular flexibility index (Phi) is 3.86. The second-order valence-electron chi connectivity index (χ2n) is 5.12. The Morgan fingerprint density at radius 1 is 1.50 bits per heavy atom. The van der Waals surface area contributed by atoms with Crippen molar-refractivity contribution in [3.8, 4) is 0 Å². The molecule has 7 heteroatoms. The monoisotopic (exact) mass is 299 g/mol. The van der Waals surface area contributed by atoms with Crippen molar-refractivity contribution in [3.63, 3.8) is 0 Å². The fourth-order valence-corrected chi connectivity index (χ4v) is 3.67. The lowest BCUT2D eigenvalue weighted by Crippen LogP contribution is -2.50. The van der Waals surface area contributed by atoms with Crippen molar-refractivity contribution in [2.75, 3.05) is 6.61 Å². The highest BCUT2D eigenvalue weighted by Crippen LogP contribution is 2.27. The van der Waals surface area contributed by atoms with E-state index in [0.717, 1.165) is 6.07 Å². The van der Waals surface area contributed by atoms with E-state index in [1.165, 1.54) is 18.2 Å². The van der Waals surface area contributed by atoms with Crippen LogP contribution in [0.2, 0.25) is 0 Å². The molecular formula is C13H17NO5S. The SMILES string of the molecule is CC1OCCC1(C)NS(=O)(=O)c1cccc(C(=O)O)c1. The zero-order valence-corrected chi connectivity index (χ0v) is 12.1. The maximum atomic E-state index is 12.4. The molecule has 1 aliphatic heterocycles. The molecule has 0 aliphatic carbocycles. The lowest BCUT2D eigenvalue weighted by Gasteiger charge is -2.28. The van der Waals surface area contributed by atoms with Gasteiger partial charge in [-0.25, -0.2) is 17.9 Å². The van der Waals surface area contributed by atoms with Crippen LogP contribution in [-0.2, 0) is 14.8 Å². The molecule has 20 heavy (non-hydrogen) atoms. The van der Waals surface area contributed by atoms with Crippen LogP contribution in [0.3, 0.4) is 0 Å². The molecule has 0 spiro atoms. The van der Waals surface area contributed by atoms with Gasteiger partial charge in [0.2, 0.25) is 10.0 Å². The molecular weight excluding hydrogens is 282 g/mol. The van der Waals surface area contributed by atoms with Crippen molar-refractivity contribution in [3.05, 3.63) is 29.8 Å². The van der Waals surface area contributed by atoms with Gasteiger partial charge in [0.25, 0.3) is 0 Å². The summed E-state index contributed by atoms with van der Waals surface area (Å²) >= 11 is 0. The van der Waals surface area contributed by atoms with Gasteiger partial charge in [0.05, 0.1) is 22.1 Å². The number of carbonyl (C=O) groups is 1. The van der Waals surface area contributed by atoms with E-state index in [4.69, 9.17) is 9.84 Å². The number of sulfonamides is 1. The summed E-state index contributed by atoms with van der Waals surface area (Å²) in [7, 11) is -3.78. The van der Waals surface area contributed by atoms with Gasteiger partial charge in [-0.05, 0) is 38.5 Å². The third-order valence-electron chi connectivity index (χ3n) is 3.65. The van der Waals surface area contributed by atoms with E-state index in [2.05, 4.69) is 4.72 Å². The van der Waals surface area contributed by atoms with E-state index in [9.17, 15) is 13.2 Å². The summed E-state index contributed by atoms with van der Waals surface area (Å²) in [5, 5.41) is 8.92. The number of hydrogen-bond donors (Lipinski definition) is 2. The summed E-state index contributed by atoms with van der Waals surface area (Å²) in [6.07, 6.45) is 0.339. The molecule has 0 bridgehead atoms. The highest BCUT2D eigenvalue weighted by Gasteiger charge is 2.40. The van der Waals surface area contributed by atoms with Crippen LogP contribution < -0.4 is 4.72 Å². The Morgan fingerprint density at radius 3 is 2.75 bits per heavy atom. The first kappa shape index (κ1) is 15.0. The van der Waals surface area contributed by atoms with Crippen LogP contribution in [0.15, 0.2) is 29.2 Å². The van der Waals surface area contributed by atoms with Crippen LogP contribution in [0, 0.1) is 0 Å². The van der Waals surface area contributed by atoms with Crippen LogP contribution in [-0.4, -0.2) is 37.7 Å². The van der Waals surface area contributed by atoms with Gasteiger partial charge in [-0.2, -0.15) is 0 Å². The molecule has 1 aromatic rings. The molecule has 1 aliphatic rings. The van der Waals surface area contributed by atoms with Gasteiger partial charge >= 0.3 is 5.97 Å².